The van der Waals surface area contributed by atoms with E-state index in [1.54, 1.807) is 0 Å². The average Bonchev–Trinajstić information content (AvgIpc) is 2.47. The largest absolute Gasteiger partial charge is 0.353 e. The van der Waals surface area contributed by atoms with Gasteiger partial charge in [0.1, 0.15) is 0 Å². The van der Waals surface area contributed by atoms with Gasteiger partial charge in [0.15, 0.2) is 0 Å². The quantitative estimate of drug-likeness (QED) is 0.803. The lowest BCUT2D eigenvalue weighted by Gasteiger charge is -2.31. The Morgan fingerprint density at radius 1 is 1.16 bits per heavy atom. The van der Waals surface area contributed by atoms with Crippen molar-refractivity contribution < 1.29 is 4.79 Å². The standard InChI is InChI=1S/C16H30N2O/c1-2-14-5-3-4-6-15(14)18-16(19)8-7-13-9-11-17-12-10-13/h13-15,17H,2-12H2,1H3,(H,18,19). The molecule has 1 amide bonds. The summed E-state index contributed by atoms with van der Waals surface area (Å²) >= 11 is 0. The summed E-state index contributed by atoms with van der Waals surface area (Å²) in [5.41, 5.74) is 0. The zero-order valence-corrected chi connectivity index (χ0v) is 12.4. The number of hydrogen-bond donors (Lipinski definition) is 2. The van der Waals surface area contributed by atoms with Gasteiger partial charge in [-0.25, -0.2) is 0 Å². The number of carbonyl (C=O) groups excluding carboxylic acids is 1. The van der Waals surface area contributed by atoms with Gasteiger partial charge in [0, 0.05) is 12.5 Å². The molecule has 19 heavy (non-hydrogen) atoms. The van der Waals surface area contributed by atoms with Gasteiger partial charge in [0.05, 0.1) is 0 Å². The van der Waals surface area contributed by atoms with Crippen LogP contribution in [0.2, 0.25) is 0 Å². The number of amides is 1. The van der Waals surface area contributed by atoms with Crippen molar-refractivity contribution in [3.8, 4) is 0 Å². The lowest BCUT2D eigenvalue weighted by Crippen LogP contribution is -2.42. The highest BCUT2D eigenvalue weighted by Gasteiger charge is 2.25. The first-order valence-electron chi connectivity index (χ1n) is 8.29. The van der Waals surface area contributed by atoms with Crippen LogP contribution in [0.1, 0.15) is 64.7 Å². The first kappa shape index (κ1) is 14.8. The second-order valence-electron chi connectivity index (χ2n) is 6.36. The summed E-state index contributed by atoms with van der Waals surface area (Å²) in [6.45, 7) is 4.52. The zero-order chi connectivity index (χ0) is 13.5. The zero-order valence-electron chi connectivity index (χ0n) is 12.4. The lowest BCUT2D eigenvalue weighted by atomic mass is 9.82. The predicted octanol–water partition coefficient (Wildman–Crippen LogP) is 2.85. The van der Waals surface area contributed by atoms with Crippen LogP contribution in [0.15, 0.2) is 0 Å². The van der Waals surface area contributed by atoms with Gasteiger partial charge >= 0.3 is 0 Å². The highest BCUT2D eigenvalue weighted by Crippen LogP contribution is 2.27. The molecule has 0 aromatic rings. The Morgan fingerprint density at radius 3 is 2.63 bits per heavy atom. The van der Waals surface area contributed by atoms with E-state index in [-0.39, 0.29) is 0 Å². The van der Waals surface area contributed by atoms with Crippen molar-refractivity contribution >= 4 is 5.91 Å². The molecule has 1 heterocycles. The fourth-order valence-corrected chi connectivity index (χ4v) is 3.67. The van der Waals surface area contributed by atoms with E-state index in [2.05, 4.69) is 17.6 Å². The molecular formula is C16H30N2O. The van der Waals surface area contributed by atoms with Crippen LogP contribution >= 0.6 is 0 Å². The van der Waals surface area contributed by atoms with E-state index in [0.717, 1.165) is 37.8 Å². The molecule has 1 aliphatic carbocycles. The van der Waals surface area contributed by atoms with Gasteiger partial charge in [-0.05, 0) is 57.0 Å². The maximum atomic E-state index is 12.1. The van der Waals surface area contributed by atoms with Crippen LogP contribution in [0, 0.1) is 11.8 Å². The van der Waals surface area contributed by atoms with Crippen molar-refractivity contribution in [2.24, 2.45) is 11.8 Å². The predicted molar refractivity (Wildman–Crippen MR) is 79.0 cm³/mol. The Hall–Kier alpha value is -0.570. The first-order valence-corrected chi connectivity index (χ1v) is 8.29. The molecule has 1 aliphatic heterocycles. The smallest absolute Gasteiger partial charge is 0.220 e. The van der Waals surface area contributed by atoms with Crippen LogP contribution in [0.3, 0.4) is 0 Å². The van der Waals surface area contributed by atoms with Crippen molar-refractivity contribution in [2.75, 3.05) is 13.1 Å². The summed E-state index contributed by atoms with van der Waals surface area (Å²) in [7, 11) is 0. The van der Waals surface area contributed by atoms with Gasteiger partial charge in [-0.3, -0.25) is 4.79 Å². The molecule has 3 heteroatoms. The van der Waals surface area contributed by atoms with E-state index in [9.17, 15) is 4.79 Å². The molecule has 2 N–H and O–H groups in total. The van der Waals surface area contributed by atoms with E-state index in [4.69, 9.17) is 0 Å². The molecule has 2 aliphatic rings. The van der Waals surface area contributed by atoms with Gasteiger partial charge in [-0.2, -0.15) is 0 Å². The SMILES string of the molecule is CCC1CCCCC1NC(=O)CCC1CCNCC1. The average molecular weight is 266 g/mol. The molecule has 0 aromatic carbocycles. The fourth-order valence-electron chi connectivity index (χ4n) is 3.67. The van der Waals surface area contributed by atoms with Crippen LogP contribution in [-0.4, -0.2) is 25.0 Å². The Labute approximate surface area is 117 Å². The van der Waals surface area contributed by atoms with E-state index < -0.39 is 0 Å². The highest BCUT2D eigenvalue weighted by molar-refractivity contribution is 5.76. The third kappa shape index (κ3) is 4.79. The van der Waals surface area contributed by atoms with Crippen molar-refractivity contribution in [3.05, 3.63) is 0 Å². The molecule has 110 valence electrons. The number of carbonyl (C=O) groups is 1. The molecule has 2 rings (SSSR count). The number of nitrogens with one attached hydrogen (secondary N) is 2. The second-order valence-corrected chi connectivity index (χ2v) is 6.36. The summed E-state index contributed by atoms with van der Waals surface area (Å²) in [6.07, 6.45) is 10.6. The summed E-state index contributed by atoms with van der Waals surface area (Å²) in [6, 6.07) is 0.458. The third-order valence-corrected chi connectivity index (χ3v) is 5.02. The Morgan fingerprint density at radius 2 is 1.89 bits per heavy atom. The number of rotatable bonds is 5. The van der Waals surface area contributed by atoms with Crippen molar-refractivity contribution in [3.63, 3.8) is 0 Å². The monoisotopic (exact) mass is 266 g/mol. The van der Waals surface area contributed by atoms with Crippen LogP contribution in [0.5, 0.6) is 0 Å². The molecule has 0 spiro atoms. The summed E-state index contributed by atoms with van der Waals surface area (Å²) < 4.78 is 0. The van der Waals surface area contributed by atoms with Crippen molar-refractivity contribution in [1.29, 1.82) is 0 Å². The number of piperidine rings is 1. The molecule has 1 saturated carbocycles. The minimum Gasteiger partial charge on any atom is -0.353 e. The summed E-state index contributed by atoms with van der Waals surface area (Å²) in [5.74, 6) is 1.78. The molecule has 2 fully saturated rings. The Balaban J connectivity index is 1.67. The van der Waals surface area contributed by atoms with Crippen LogP contribution in [0.25, 0.3) is 0 Å². The first-order chi connectivity index (χ1) is 9.29. The minimum absolute atomic E-state index is 0.295. The van der Waals surface area contributed by atoms with Gasteiger partial charge in [0.2, 0.25) is 5.91 Å². The molecule has 0 radical (unpaired) electrons. The Bertz CT molecular complexity index is 274. The minimum atomic E-state index is 0.295. The van der Waals surface area contributed by atoms with Gasteiger partial charge in [0.25, 0.3) is 0 Å². The molecule has 0 aromatic heterocycles. The number of hydrogen-bond acceptors (Lipinski definition) is 2. The maximum absolute atomic E-state index is 12.1. The van der Waals surface area contributed by atoms with Gasteiger partial charge < -0.3 is 10.6 Å². The van der Waals surface area contributed by atoms with Gasteiger partial charge in [-0.1, -0.05) is 26.2 Å². The lowest BCUT2D eigenvalue weighted by molar-refractivity contribution is -0.122. The van der Waals surface area contributed by atoms with Crippen LogP contribution in [0.4, 0.5) is 0 Å². The molecule has 2 unspecified atom stereocenters. The fraction of sp³-hybridized carbons (Fsp3) is 0.938. The second kappa shape index (κ2) is 7.88. The molecular weight excluding hydrogens is 236 g/mol. The Kier molecular flexibility index (Phi) is 6.15. The van der Waals surface area contributed by atoms with Crippen LogP contribution in [-0.2, 0) is 4.79 Å². The molecule has 3 nitrogen and oxygen atoms in total. The molecule has 2 atom stereocenters. The van der Waals surface area contributed by atoms with E-state index in [0.29, 0.717) is 11.9 Å². The maximum Gasteiger partial charge on any atom is 0.220 e. The van der Waals surface area contributed by atoms with Crippen molar-refractivity contribution in [2.45, 2.75) is 70.8 Å². The molecule has 0 bridgehead atoms. The van der Waals surface area contributed by atoms with E-state index >= 15 is 0 Å². The highest BCUT2D eigenvalue weighted by atomic mass is 16.1. The normalized spacial score (nSPS) is 29.1. The van der Waals surface area contributed by atoms with Crippen LogP contribution < -0.4 is 10.6 Å². The summed E-state index contributed by atoms with van der Waals surface area (Å²) in [4.78, 5) is 12.1. The topological polar surface area (TPSA) is 41.1 Å². The third-order valence-electron chi connectivity index (χ3n) is 5.02. The van der Waals surface area contributed by atoms with E-state index in [1.165, 1.54) is 44.9 Å². The van der Waals surface area contributed by atoms with Gasteiger partial charge in [-0.15, -0.1) is 0 Å². The summed E-state index contributed by atoms with van der Waals surface area (Å²) in [5, 5.41) is 6.69. The van der Waals surface area contributed by atoms with Crippen molar-refractivity contribution in [1.82, 2.24) is 10.6 Å². The molecule has 1 saturated heterocycles. The van der Waals surface area contributed by atoms with E-state index in [1.807, 2.05) is 0 Å².